The number of halogens is 2. The van der Waals surface area contributed by atoms with Crippen LogP contribution in [0.25, 0.3) is 0 Å². The van der Waals surface area contributed by atoms with Crippen molar-refractivity contribution in [3.05, 3.63) is 51.7 Å². The third kappa shape index (κ3) is 3.39. The maximum absolute atomic E-state index is 12.2. The molecule has 0 saturated carbocycles. The summed E-state index contributed by atoms with van der Waals surface area (Å²) in [5.74, 6) is -0.164. The molecule has 0 radical (unpaired) electrons. The Morgan fingerprint density at radius 1 is 1.32 bits per heavy atom. The highest BCUT2D eigenvalue weighted by atomic mass is 79.9. The number of amides is 1. The van der Waals surface area contributed by atoms with E-state index in [9.17, 15) is 4.79 Å². The number of aromatic nitrogens is 1. The molecule has 0 aliphatic heterocycles. The van der Waals surface area contributed by atoms with Gasteiger partial charge in [0.25, 0.3) is 5.91 Å². The first-order chi connectivity index (χ1) is 8.97. The Kier molecular flexibility index (Phi) is 4.32. The first kappa shape index (κ1) is 14.2. The van der Waals surface area contributed by atoms with Gasteiger partial charge in [-0.05, 0) is 44.2 Å². The number of carbonyl (C=O) groups is 1. The fraction of sp³-hybridized carbons (Fsp3) is 0.214. The summed E-state index contributed by atoms with van der Waals surface area (Å²) in [6, 6.07) is 9.29. The molecule has 2 aromatic rings. The van der Waals surface area contributed by atoms with Gasteiger partial charge in [-0.15, -0.1) is 0 Å². The van der Waals surface area contributed by atoms with Gasteiger partial charge < -0.3 is 9.88 Å². The summed E-state index contributed by atoms with van der Waals surface area (Å²) in [5, 5.41) is 3.42. The molecule has 100 valence electrons. The molecular weight excluding hydrogens is 328 g/mol. The van der Waals surface area contributed by atoms with E-state index in [1.807, 2.05) is 42.7 Å². The van der Waals surface area contributed by atoms with Crippen molar-refractivity contribution < 1.29 is 4.79 Å². The van der Waals surface area contributed by atoms with Crippen LogP contribution in [0.1, 0.15) is 30.4 Å². The quantitative estimate of drug-likeness (QED) is 0.860. The molecular formula is C14H14BrClN2O. The zero-order valence-corrected chi connectivity index (χ0v) is 13.0. The van der Waals surface area contributed by atoms with Gasteiger partial charge in [-0.1, -0.05) is 27.5 Å². The minimum absolute atomic E-state index is 0.164. The topological polar surface area (TPSA) is 34.0 Å². The molecule has 1 heterocycles. The molecule has 0 saturated heterocycles. The highest BCUT2D eigenvalue weighted by Crippen LogP contribution is 2.20. The Morgan fingerprint density at radius 3 is 2.53 bits per heavy atom. The summed E-state index contributed by atoms with van der Waals surface area (Å²) < 4.78 is 2.83. The van der Waals surface area contributed by atoms with Gasteiger partial charge in [-0.2, -0.15) is 0 Å². The maximum Gasteiger partial charge on any atom is 0.272 e. The van der Waals surface area contributed by atoms with Crippen LogP contribution in [0.2, 0.25) is 5.02 Å². The summed E-state index contributed by atoms with van der Waals surface area (Å²) in [6.07, 6.45) is 1.77. The summed E-state index contributed by atoms with van der Waals surface area (Å²) in [5.41, 5.74) is 1.31. The molecule has 1 aromatic carbocycles. The highest BCUT2D eigenvalue weighted by Gasteiger charge is 2.15. The molecule has 5 heteroatoms. The second-order valence-corrected chi connectivity index (χ2v) is 5.86. The van der Waals surface area contributed by atoms with Gasteiger partial charge >= 0.3 is 0 Å². The minimum Gasteiger partial charge on any atom is -0.339 e. The van der Waals surface area contributed by atoms with Gasteiger partial charge in [0.1, 0.15) is 5.69 Å². The van der Waals surface area contributed by atoms with Gasteiger partial charge in [0.2, 0.25) is 0 Å². The molecule has 1 amide bonds. The van der Waals surface area contributed by atoms with Crippen molar-refractivity contribution in [2.45, 2.75) is 19.9 Å². The van der Waals surface area contributed by atoms with Crippen molar-refractivity contribution in [2.24, 2.45) is 0 Å². The molecule has 0 fully saturated rings. The zero-order valence-electron chi connectivity index (χ0n) is 10.7. The molecule has 0 bridgehead atoms. The van der Waals surface area contributed by atoms with Crippen molar-refractivity contribution in [2.75, 3.05) is 5.32 Å². The van der Waals surface area contributed by atoms with E-state index < -0.39 is 0 Å². The van der Waals surface area contributed by atoms with Gasteiger partial charge in [-0.25, -0.2) is 0 Å². The number of hydrogen-bond donors (Lipinski definition) is 1. The second-order valence-electron chi connectivity index (χ2n) is 4.51. The average Bonchev–Trinajstić information content (AvgIpc) is 2.74. The minimum atomic E-state index is -0.164. The number of anilines is 1. The maximum atomic E-state index is 12.2. The Hall–Kier alpha value is -1.26. The predicted octanol–water partition coefficient (Wildman–Crippen LogP) is 4.74. The van der Waals surface area contributed by atoms with Gasteiger partial charge in [0, 0.05) is 22.4 Å². The molecule has 2 rings (SSSR count). The lowest BCUT2D eigenvalue weighted by molar-refractivity contribution is 0.101. The number of rotatable bonds is 3. The van der Waals surface area contributed by atoms with Gasteiger partial charge in [0.05, 0.1) is 5.02 Å². The molecule has 0 unspecified atom stereocenters. The van der Waals surface area contributed by atoms with Crippen molar-refractivity contribution in [3.63, 3.8) is 0 Å². The van der Waals surface area contributed by atoms with Gasteiger partial charge in [0.15, 0.2) is 0 Å². The SMILES string of the molecule is CC(C)n1cc(Cl)cc1C(=O)Nc1ccc(Br)cc1. The van der Waals surface area contributed by atoms with Crippen LogP contribution in [0.3, 0.4) is 0 Å². The summed E-state index contributed by atoms with van der Waals surface area (Å²) in [6.45, 7) is 4.01. The number of carbonyl (C=O) groups excluding carboxylic acids is 1. The molecule has 1 N–H and O–H groups in total. The van der Waals surface area contributed by atoms with E-state index in [-0.39, 0.29) is 11.9 Å². The summed E-state index contributed by atoms with van der Waals surface area (Å²) >= 11 is 9.33. The molecule has 3 nitrogen and oxygen atoms in total. The molecule has 0 atom stereocenters. The molecule has 19 heavy (non-hydrogen) atoms. The van der Waals surface area contributed by atoms with E-state index in [4.69, 9.17) is 11.6 Å². The van der Waals surface area contributed by atoms with Crippen LogP contribution in [0.4, 0.5) is 5.69 Å². The van der Waals surface area contributed by atoms with Crippen LogP contribution in [-0.4, -0.2) is 10.5 Å². The van der Waals surface area contributed by atoms with Crippen LogP contribution in [-0.2, 0) is 0 Å². The normalized spacial score (nSPS) is 10.8. The Balaban J connectivity index is 2.22. The number of nitrogens with zero attached hydrogens (tertiary/aromatic N) is 1. The zero-order chi connectivity index (χ0) is 14.0. The van der Waals surface area contributed by atoms with Crippen LogP contribution in [0.5, 0.6) is 0 Å². The predicted molar refractivity (Wildman–Crippen MR) is 81.9 cm³/mol. The number of benzene rings is 1. The summed E-state index contributed by atoms with van der Waals surface area (Å²) in [4.78, 5) is 12.2. The third-order valence-electron chi connectivity index (χ3n) is 2.71. The number of nitrogens with one attached hydrogen (secondary N) is 1. The van der Waals surface area contributed by atoms with E-state index >= 15 is 0 Å². The van der Waals surface area contributed by atoms with E-state index in [1.165, 1.54) is 0 Å². The van der Waals surface area contributed by atoms with Crippen molar-refractivity contribution in [3.8, 4) is 0 Å². The Labute approximate surface area is 125 Å². The molecule has 0 aliphatic rings. The standard InChI is InChI=1S/C14H14BrClN2O/c1-9(2)18-8-11(16)7-13(18)14(19)17-12-5-3-10(15)4-6-12/h3-9H,1-2H3,(H,17,19). The fourth-order valence-electron chi connectivity index (χ4n) is 1.78. The average molecular weight is 342 g/mol. The van der Waals surface area contributed by atoms with Crippen molar-refractivity contribution >= 4 is 39.1 Å². The van der Waals surface area contributed by atoms with Crippen LogP contribution >= 0.6 is 27.5 Å². The Morgan fingerprint density at radius 2 is 1.95 bits per heavy atom. The first-order valence-corrected chi connectivity index (χ1v) is 7.09. The Bertz CT molecular complexity index is 590. The first-order valence-electron chi connectivity index (χ1n) is 5.91. The second kappa shape index (κ2) is 5.80. The highest BCUT2D eigenvalue weighted by molar-refractivity contribution is 9.10. The van der Waals surface area contributed by atoms with Crippen LogP contribution < -0.4 is 5.32 Å². The lowest BCUT2D eigenvalue weighted by Gasteiger charge is -2.12. The smallest absolute Gasteiger partial charge is 0.272 e. The van der Waals surface area contributed by atoms with Crippen molar-refractivity contribution in [1.29, 1.82) is 0 Å². The summed E-state index contributed by atoms with van der Waals surface area (Å²) in [7, 11) is 0. The monoisotopic (exact) mass is 340 g/mol. The largest absolute Gasteiger partial charge is 0.339 e. The van der Waals surface area contributed by atoms with E-state index in [0.717, 1.165) is 10.2 Å². The molecule has 0 spiro atoms. The third-order valence-corrected chi connectivity index (χ3v) is 3.44. The molecule has 1 aromatic heterocycles. The van der Waals surface area contributed by atoms with Crippen LogP contribution in [0.15, 0.2) is 41.0 Å². The van der Waals surface area contributed by atoms with Crippen LogP contribution in [0, 0.1) is 0 Å². The lowest BCUT2D eigenvalue weighted by atomic mass is 10.3. The van der Waals surface area contributed by atoms with Gasteiger partial charge in [-0.3, -0.25) is 4.79 Å². The van der Waals surface area contributed by atoms with Crippen molar-refractivity contribution in [1.82, 2.24) is 4.57 Å². The van der Waals surface area contributed by atoms with E-state index in [0.29, 0.717) is 10.7 Å². The van der Waals surface area contributed by atoms with E-state index in [2.05, 4.69) is 21.2 Å². The number of hydrogen-bond acceptors (Lipinski definition) is 1. The lowest BCUT2D eigenvalue weighted by Crippen LogP contribution is -2.17. The fourth-order valence-corrected chi connectivity index (χ4v) is 2.26. The van der Waals surface area contributed by atoms with E-state index in [1.54, 1.807) is 12.3 Å². The molecule has 0 aliphatic carbocycles.